The maximum atomic E-state index is 13.0. The Morgan fingerprint density at radius 1 is 0.939 bits per heavy atom. The number of aliphatic hydroxyl groups is 1. The van der Waals surface area contributed by atoms with E-state index >= 15 is 0 Å². The smallest absolute Gasteiger partial charge is 0.163 e. The predicted octanol–water partition coefficient (Wildman–Crippen LogP) is 6.18. The van der Waals surface area contributed by atoms with Crippen molar-refractivity contribution >= 4 is 5.78 Å². The number of aromatic hydroxyl groups is 1. The van der Waals surface area contributed by atoms with Crippen LogP contribution in [0.5, 0.6) is 5.75 Å². The van der Waals surface area contributed by atoms with Crippen LogP contribution in [-0.4, -0.2) is 16.0 Å². The second-order valence-corrected chi connectivity index (χ2v) is 10.8. The number of ketones is 1. The van der Waals surface area contributed by atoms with Crippen molar-refractivity contribution in [3.8, 4) is 5.75 Å². The van der Waals surface area contributed by atoms with Gasteiger partial charge in [0.1, 0.15) is 5.75 Å². The molecule has 1 unspecified atom stereocenters. The summed E-state index contributed by atoms with van der Waals surface area (Å²) in [5, 5.41) is 22.6. The lowest BCUT2D eigenvalue weighted by Gasteiger charge is -2.52. The maximum absolute atomic E-state index is 13.0. The number of hydrogen-bond donors (Lipinski definition) is 2. The summed E-state index contributed by atoms with van der Waals surface area (Å²) in [4.78, 5) is 13.0. The predicted molar refractivity (Wildman–Crippen MR) is 129 cm³/mol. The molecule has 0 heterocycles. The van der Waals surface area contributed by atoms with Crippen LogP contribution in [0.4, 0.5) is 0 Å². The van der Waals surface area contributed by atoms with E-state index in [0.29, 0.717) is 23.8 Å². The number of benzene rings is 2. The van der Waals surface area contributed by atoms with E-state index in [1.54, 1.807) is 11.6 Å². The number of phenols is 1. The highest BCUT2D eigenvalue weighted by Crippen LogP contribution is 2.67. The number of fused-ring (bicyclic) bond motifs is 4. The van der Waals surface area contributed by atoms with Gasteiger partial charge in [-0.3, -0.25) is 4.79 Å². The van der Waals surface area contributed by atoms with E-state index in [4.69, 9.17) is 0 Å². The Morgan fingerprint density at radius 3 is 2.48 bits per heavy atom. The molecular formula is C30H32O3. The number of carbonyl (C=O) groups excluding carboxylic acids is 1. The van der Waals surface area contributed by atoms with Crippen LogP contribution in [-0.2, 0) is 10.4 Å². The summed E-state index contributed by atoms with van der Waals surface area (Å²) in [5.41, 5.74) is 4.79. The molecule has 33 heavy (non-hydrogen) atoms. The highest BCUT2D eigenvalue weighted by molar-refractivity contribution is 5.98. The molecule has 2 N–H and O–H groups in total. The molecule has 2 fully saturated rings. The number of phenolic OH excluding ortho intramolecular Hbond substituents is 1. The lowest BCUT2D eigenvalue weighted by Crippen LogP contribution is -2.48. The number of rotatable bonds is 2. The van der Waals surface area contributed by atoms with Crippen LogP contribution >= 0.6 is 0 Å². The van der Waals surface area contributed by atoms with Crippen molar-refractivity contribution in [1.29, 1.82) is 0 Å². The minimum atomic E-state index is -0.996. The molecule has 0 bridgehead atoms. The molecule has 2 aromatic carbocycles. The molecule has 4 aliphatic carbocycles. The summed E-state index contributed by atoms with van der Waals surface area (Å²) in [7, 11) is 0. The summed E-state index contributed by atoms with van der Waals surface area (Å²) >= 11 is 0. The molecule has 5 atom stereocenters. The molecule has 0 saturated heterocycles. The van der Waals surface area contributed by atoms with E-state index in [1.807, 2.05) is 42.5 Å². The Hall–Kier alpha value is -2.65. The van der Waals surface area contributed by atoms with Crippen LogP contribution in [0.25, 0.3) is 0 Å². The van der Waals surface area contributed by atoms with Crippen LogP contribution in [0.15, 0.2) is 77.4 Å². The third-order valence-electron chi connectivity index (χ3n) is 9.55. The maximum Gasteiger partial charge on any atom is 0.163 e. The van der Waals surface area contributed by atoms with Crippen LogP contribution < -0.4 is 0 Å². The van der Waals surface area contributed by atoms with Crippen LogP contribution in [0.3, 0.4) is 0 Å². The Labute approximate surface area is 195 Å². The molecule has 2 aromatic rings. The lowest BCUT2D eigenvalue weighted by atomic mass is 9.54. The quantitative estimate of drug-likeness (QED) is 0.586. The van der Waals surface area contributed by atoms with Crippen molar-refractivity contribution < 1.29 is 15.0 Å². The normalized spacial score (nSPS) is 35.5. The average molecular weight is 441 g/mol. The van der Waals surface area contributed by atoms with E-state index in [9.17, 15) is 15.0 Å². The zero-order valence-corrected chi connectivity index (χ0v) is 19.3. The molecule has 0 aromatic heterocycles. The van der Waals surface area contributed by atoms with Gasteiger partial charge in [0.05, 0.1) is 11.5 Å². The van der Waals surface area contributed by atoms with Crippen molar-refractivity contribution in [2.45, 2.75) is 63.4 Å². The highest BCUT2D eigenvalue weighted by atomic mass is 16.3. The second-order valence-electron chi connectivity index (χ2n) is 10.8. The molecular weight excluding hydrogens is 408 g/mol. The third-order valence-corrected chi connectivity index (χ3v) is 9.55. The first-order valence-electron chi connectivity index (χ1n) is 12.4. The van der Waals surface area contributed by atoms with Crippen molar-refractivity contribution in [2.75, 3.05) is 0 Å². The monoisotopic (exact) mass is 440 g/mol. The molecule has 4 aliphatic rings. The Kier molecular flexibility index (Phi) is 4.71. The van der Waals surface area contributed by atoms with E-state index < -0.39 is 5.60 Å². The highest BCUT2D eigenvalue weighted by Gasteiger charge is 2.62. The number of para-hydroxylation sites is 1. The largest absolute Gasteiger partial charge is 0.508 e. The molecule has 0 aliphatic heterocycles. The number of carbonyl (C=O) groups is 1. The standard InChI is InChI=1S/C30H32O3/c1-29-15-13-21-22(25(29)14-16-30(29,33)26-9-5-6-10-27(26)31)12-11-20-17-28(32)24(18-23(20)21)19-7-3-2-4-8-19/h2-10,17,22,24-25,31,33H,11-16,18H2,1H3/t22-,24?,25+,29+,30+/m1/s1. The van der Waals surface area contributed by atoms with Gasteiger partial charge in [-0.05, 0) is 85.6 Å². The van der Waals surface area contributed by atoms with Gasteiger partial charge in [0.2, 0.25) is 0 Å². The first kappa shape index (κ1) is 20.9. The molecule has 3 heteroatoms. The molecule has 170 valence electrons. The van der Waals surface area contributed by atoms with Gasteiger partial charge in [0.15, 0.2) is 5.78 Å². The number of hydrogen-bond acceptors (Lipinski definition) is 3. The zero-order chi connectivity index (χ0) is 22.8. The van der Waals surface area contributed by atoms with Gasteiger partial charge >= 0.3 is 0 Å². The second kappa shape index (κ2) is 7.43. The van der Waals surface area contributed by atoms with Crippen molar-refractivity contribution in [1.82, 2.24) is 0 Å². The lowest BCUT2D eigenvalue weighted by molar-refractivity contribution is -0.116. The minimum Gasteiger partial charge on any atom is -0.508 e. The SMILES string of the molecule is C[C@]12CCC3=C4CC(c5ccccc5)C(=O)C=C4CC[C@H]3[C@@H]1CC[C@]2(O)c1ccccc1O. The third kappa shape index (κ3) is 2.94. The number of allylic oxidation sites excluding steroid dienone is 4. The summed E-state index contributed by atoms with van der Waals surface area (Å²) in [6.45, 7) is 2.25. The zero-order valence-electron chi connectivity index (χ0n) is 19.3. The van der Waals surface area contributed by atoms with E-state index in [0.717, 1.165) is 44.1 Å². The van der Waals surface area contributed by atoms with Crippen molar-refractivity contribution in [3.63, 3.8) is 0 Å². The van der Waals surface area contributed by atoms with Crippen LogP contribution in [0.1, 0.15) is 68.9 Å². The molecule has 0 spiro atoms. The van der Waals surface area contributed by atoms with Crippen LogP contribution in [0.2, 0.25) is 0 Å². The molecule has 6 rings (SSSR count). The van der Waals surface area contributed by atoms with Gasteiger partial charge < -0.3 is 10.2 Å². The fourth-order valence-corrected chi connectivity index (χ4v) is 7.79. The fraction of sp³-hybridized carbons (Fsp3) is 0.433. The molecule has 3 nitrogen and oxygen atoms in total. The summed E-state index contributed by atoms with van der Waals surface area (Å²) in [5.74, 6) is 1.23. The average Bonchev–Trinajstić information content (AvgIpc) is 3.10. The van der Waals surface area contributed by atoms with Crippen LogP contribution in [0, 0.1) is 17.3 Å². The van der Waals surface area contributed by atoms with Crippen molar-refractivity contribution in [3.05, 3.63) is 88.5 Å². The van der Waals surface area contributed by atoms with Gasteiger partial charge in [0, 0.05) is 11.0 Å². The minimum absolute atomic E-state index is 0.0775. The van der Waals surface area contributed by atoms with Gasteiger partial charge in [-0.2, -0.15) is 0 Å². The Bertz CT molecular complexity index is 1180. The fourth-order valence-electron chi connectivity index (χ4n) is 7.79. The molecule has 2 saturated carbocycles. The summed E-state index contributed by atoms with van der Waals surface area (Å²) in [6.07, 6.45) is 8.31. The van der Waals surface area contributed by atoms with Gasteiger partial charge in [0.25, 0.3) is 0 Å². The van der Waals surface area contributed by atoms with E-state index in [-0.39, 0.29) is 22.9 Å². The molecule has 0 radical (unpaired) electrons. The first-order chi connectivity index (χ1) is 15.9. The Balaban J connectivity index is 1.38. The Morgan fingerprint density at radius 2 is 1.70 bits per heavy atom. The first-order valence-corrected chi connectivity index (χ1v) is 12.4. The molecule has 0 amide bonds. The van der Waals surface area contributed by atoms with Crippen molar-refractivity contribution in [2.24, 2.45) is 17.3 Å². The van der Waals surface area contributed by atoms with E-state index in [2.05, 4.69) is 19.1 Å². The van der Waals surface area contributed by atoms with Gasteiger partial charge in [-0.1, -0.05) is 61.0 Å². The van der Waals surface area contributed by atoms with E-state index in [1.165, 1.54) is 11.1 Å². The summed E-state index contributed by atoms with van der Waals surface area (Å²) < 4.78 is 0. The van der Waals surface area contributed by atoms with Gasteiger partial charge in [-0.15, -0.1) is 0 Å². The van der Waals surface area contributed by atoms with Gasteiger partial charge in [-0.25, -0.2) is 0 Å². The summed E-state index contributed by atoms with van der Waals surface area (Å²) in [6, 6.07) is 17.5. The topological polar surface area (TPSA) is 57.5 Å².